The predicted octanol–water partition coefficient (Wildman–Crippen LogP) is 4.31. The normalized spacial score (nSPS) is 16.1. The molecule has 0 spiro atoms. The van der Waals surface area contributed by atoms with Crippen LogP contribution in [0.3, 0.4) is 0 Å². The number of nitrogens with zero attached hydrogens (tertiary/aromatic N) is 1. The Labute approximate surface area is 169 Å². The highest BCUT2D eigenvalue weighted by molar-refractivity contribution is 7.16. The van der Waals surface area contributed by atoms with Crippen LogP contribution >= 0.6 is 11.3 Å². The lowest BCUT2D eigenvalue weighted by atomic mass is 9.80. The molecule has 1 heterocycles. The average molecular weight is 395 g/mol. The molecule has 1 N–H and O–H groups in total. The zero-order chi connectivity index (χ0) is 19.3. The lowest BCUT2D eigenvalue weighted by Crippen LogP contribution is -2.22. The summed E-state index contributed by atoms with van der Waals surface area (Å²) in [6, 6.07) is 12.5. The molecule has 0 radical (unpaired) electrons. The molecule has 1 aliphatic rings. The van der Waals surface area contributed by atoms with Crippen molar-refractivity contribution < 1.29 is 4.74 Å². The van der Waals surface area contributed by atoms with Crippen LogP contribution in [0.15, 0.2) is 46.7 Å². The molecule has 4 rings (SSSR count). The molecule has 1 aromatic heterocycles. The van der Waals surface area contributed by atoms with Crippen molar-refractivity contribution in [2.75, 3.05) is 20.2 Å². The Bertz CT molecular complexity index is 1010. The molecule has 5 heteroatoms. The van der Waals surface area contributed by atoms with E-state index in [0.717, 1.165) is 48.2 Å². The van der Waals surface area contributed by atoms with Crippen molar-refractivity contribution in [3.63, 3.8) is 0 Å². The van der Waals surface area contributed by atoms with Gasteiger partial charge in [-0.25, -0.2) is 4.98 Å². The van der Waals surface area contributed by atoms with E-state index in [4.69, 9.17) is 4.74 Å². The molecule has 146 valence electrons. The number of hydrogen-bond donors (Lipinski definition) is 1. The second-order valence-corrected chi connectivity index (χ2v) is 8.28. The van der Waals surface area contributed by atoms with Crippen LogP contribution in [0, 0.1) is 0 Å². The molecule has 1 aliphatic carbocycles. The van der Waals surface area contributed by atoms with Crippen LogP contribution in [0.5, 0.6) is 5.75 Å². The number of benzene rings is 2. The van der Waals surface area contributed by atoms with Gasteiger partial charge in [0.1, 0.15) is 5.75 Å². The fourth-order valence-electron chi connectivity index (χ4n) is 4.24. The van der Waals surface area contributed by atoms with Crippen molar-refractivity contribution in [2.24, 2.45) is 0 Å². The number of aromatic nitrogens is 1. The lowest BCUT2D eigenvalue weighted by Gasteiger charge is -2.27. The molecule has 0 bridgehead atoms. The summed E-state index contributed by atoms with van der Waals surface area (Å²) in [5.41, 5.74) is 5.64. The van der Waals surface area contributed by atoms with Crippen molar-refractivity contribution in [1.29, 1.82) is 0 Å². The fraction of sp³-hybridized carbons (Fsp3) is 0.391. The standard InChI is InChI=1S/C23H26N2O2S/c1-27-21-7-3-5-18-17(4-2-6-19(18)21)11-13-24-12-10-16-8-9-20-22(14-16)28-15-25-23(20)26/h3,5,7-9,14-15,17,24H,2,4,6,10-13H2,1H3. The number of rotatable bonds is 7. The molecular formula is C23H26N2O2S. The summed E-state index contributed by atoms with van der Waals surface area (Å²) in [6.07, 6.45) is 5.76. The van der Waals surface area contributed by atoms with Crippen LogP contribution in [0.25, 0.3) is 10.1 Å². The Kier molecular flexibility index (Phi) is 6.03. The van der Waals surface area contributed by atoms with Gasteiger partial charge in [0.2, 0.25) is 0 Å². The molecule has 0 saturated carbocycles. The van der Waals surface area contributed by atoms with Gasteiger partial charge in [-0.1, -0.05) is 18.2 Å². The van der Waals surface area contributed by atoms with E-state index in [9.17, 15) is 4.79 Å². The van der Waals surface area contributed by atoms with Gasteiger partial charge in [0.25, 0.3) is 5.56 Å². The van der Waals surface area contributed by atoms with Gasteiger partial charge in [-0.2, -0.15) is 0 Å². The van der Waals surface area contributed by atoms with Gasteiger partial charge < -0.3 is 10.1 Å². The minimum absolute atomic E-state index is 0.136. The molecule has 0 amide bonds. The third-order valence-corrected chi connectivity index (χ3v) is 6.50. The molecule has 0 fully saturated rings. The number of hydrogen-bond acceptors (Lipinski definition) is 5. The maximum Gasteiger partial charge on any atom is 0.279 e. The van der Waals surface area contributed by atoms with Crippen molar-refractivity contribution in [2.45, 2.75) is 38.0 Å². The Hall–Kier alpha value is -2.24. The van der Waals surface area contributed by atoms with Crippen LogP contribution in [-0.4, -0.2) is 25.2 Å². The van der Waals surface area contributed by atoms with E-state index in [0.29, 0.717) is 5.92 Å². The van der Waals surface area contributed by atoms with Gasteiger partial charge in [-0.05, 0) is 86.0 Å². The summed E-state index contributed by atoms with van der Waals surface area (Å²) < 4.78 is 6.57. The van der Waals surface area contributed by atoms with E-state index >= 15 is 0 Å². The van der Waals surface area contributed by atoms with Gasteiger partial charge >= 0.3 is 0 Å². The van der Waals surface area contributed by atoms with E-state index in [1.807, 2.05) is 12.1 Å². The minimum Gasteiger partial charge on any atom is -0.496 e. The number of methoxy groups -OCH3 is 1. The van der Waals surface area contributed by atoms with Gasteiger partial charge in [-0.15, -0.1) is 11.3 Å². The third-order valence-electron chi connectivity index (χ3n) is 5.69. The van der Waals surface area contributed by atoms with E-state index < -0.39 is 0 Å². The van der Waals surface area contributed by atoms with Crippen molar-refractivity contribution in [3.05, 3.63) is 69.0 Å². The van der Waals surface area contributed by atoms with Gasteiger partial charge in [0.15, 0.2) is 0 Å². The fourth-order valence-corrected chi connectivity index (χ4v) is 5.00. The summed E-state index contributed by atoms with van der Waals surface area (Å²) in [5.74, 6) is 1.67. The maximum absolute atomic E-state index is 11.7. The number of fused-ring (bicyclic) bond motifs is 2. The molecule has 4 nitrogen and oxygen atoms in total. The number of nitrogens with one attached hydrogen (secondary N) is 1. The van der Waals surface area contributed by atoms with Crippen LogP contribution in [0.4, 0.5) is 0 Å². The van der Waals surface area contributed by atoms with E-state index in [1.165, 1.54) is 40.9 Å². The topological polar surface area (TPSA) is 51.2 Å². The molecule has 1 unspecified atom stereocenters. The van der Waals surface area contributed by atoms with E-state index in [1.54, 1.807) is 12.6 Å². The first-order valence-electron chi connectivity index (χ1n) is 9.99. The summed E-state index contributed by atoms with van der Waals surface area (Å²) in [6.45, 7) is 1.97. The third kappa shape index (κ3) is 4.10. The quantitative estimate of drug-likeness (QED) is 0.607. The first kappa shape index (κ1) is 19.1. The first-order valence-corrected chi connectivity index (χ1v) is 10.9. The summed E-state index contributed by atoms with van der Waals surface area (Å²) >= 11 is 1.52. The molecule has 3 aromatic rings. The summed E-state index contributed by atoms with van der Waals surface area (Å²) in [7, 11) is 1.77. The molecule has 28 heavy (non-hydrogen) atoms. The van der Waals surface area contributed by atoms with Crippen molar-refractivity contribution >= 4 is 21.4 Å². The highest BCUT2D eigenvalue weighted by Gasteiger charge is 2.22. The zero-order valence-electron chi connectivity index (χ0n) is 16.2. The Balaban J connectivity index is 1.30. The minimum atomic E-state index is -0.136. The summed E-state index contributed by atoms with van der Waals surface area (Å²) in [5, 5.41) is 4.32. The van der Waals surface area contributed by atoms with E-state index in [2.05, 4.69) is 34.6 Å². The number of ether oxygens (including phenoxy) is 1. The van der Waals surface area contributed by atoms with E-state index in [-0.39, 0.29) is 5.56 Å². The largest absolute Gasteiger partial charge is 0.496 e. The molecule has 2 aromatic carbocycles. The Morgan fingerprint density at radius 1 is 1.25 bits per heavy atom. The SMILES string of the molecule is COc1cccc2c1CCCC2CCNCCc1ccc2c(=O)ncsc2c1. The monoisotopic (exact) mass is 394 g/mol. The van der Waals surface area contributed by atoms with Gasteiger partial charge in [-0.3, -0.25) is 4.79 Å². The molecule has 0 aliphatic heterocycles. The van der Waals surface area contributed by atoms with Crippen LogP contribution in [-0.2, 0) is 12.8 Å². The maximum atomic E-state index is 11.7. The molecular weight excluding hydrogens is 368 g/mol. The molecule has 1 atom stereocenters. The lowest BCUT2D eigenvalue weighted by molar-refractivity contribution is 0.401. The van der Waals surface area contributed by atoms with Gasteiger partial charge in [0.05, 0.1) is 18.0 Å². The van der Waals surface area contributed by atoms with Gasteiger partial charge in [0, 0.05) is 4.70 Å². The Morgan fingerprint density at radius 3 is 3.07 bits per heavy atom. The molecule has 0 saturated heterocycles. The van der Waals surface area contributed by atoms with Crippen LogP contribution < -0.4 is 15.6 Å². The second kappa shape index (κ2) is 8.84. The second-order valence-electron chi connectivity index (χ2n) is 7.39. The smallest absolute Gasteiger partial charge is 0.279 e. The average Bonchev–Trinajstić information content (AvgIpc) is 2.73. The predicted molar refractivity (Wildman–Crippen MR) is 116 cm³/mol. The van der Waals surface area contributed by atoms with Crippen LogP contribution in [0.1, 0.15) is 41.9 Å². The highest BCUT2D eigenvalue weighted by atomic mass is 32.1. The summed E-state index contributed by atoms with van der Waals surface area (Å²) in [4.78, 5) is 15.6. The van der Waals surface area contributed by atoms with Crippen molar-refractivity contribution in [3.8, 4) is 5.75 Å². The highest BCUT2D eigenvalue weighted by Crippen LogP contribution is 2.38. The first-order chi connectivity index (χ1) is 13.8. The van der Waals surface area contributed by atoms with Crippen LogP contribution in [0.2, 0.25) is 0 Å². The van der Waals surface area contributed by atoms with Crippen molar-refractivity contribution in [1.82, 2.24) is 10.3 Å². The Morgan fingerprint density at radius 2 is 2.18 bits per heavy atom. The zero-order valence-corrected chi connectivity index (χ0v) is 17.1.